The fraction of sp³-hybridized carbons (Fsp3) is 0.857. The lowest BCUT2D eigenvalue weighted by Crippen LogP contribution is -2.50. The van der Waals surface area contributed by atoms with Crippen LogP contribution in [0, 0.1) is 5.41 Å². The van der Waals surface area contributed by atoms with Crippen molar-refractivity contribution in [2.75, 3.05) is 13.1 Å². The summed E-state index contributed by atoms with van der Waals surface area (Å²) in [5.41, 5.74) is 5.35. The molecular weight excluding hydrogens is 269 g/mol. The van der Waals surface area contributed by atoms with Crippen molar-refractivity contribution in [2.45, 2.75) is 26.1 Å². The van der Waals surface area contributed by atoms with Gasteiger partial charge in [-0.25, -0.2) is 0 Å². The van der Waals surface area contributed by atoms with Crippen molar-refractivity contribution >= 4 is 29.9 Å². The maximum absolute atomic E-state index is 7.22. The van der Waals surface area contributed by atoms with Crippen LogP contribution < -0.4 is 5.73 Å². The van der Waals surface area contributed by atoms with Crippen LogP contribution in [0.1, 0.15) is 13.8 Å². The predicted molar refractivity (Wildman–Crippen MR) is 58.9 cm³/mol. The number of morpholine rings is 1. The topological polar surface area (TPSA) is 62.3 Å². The van der Waals surface area contributed by atoms with Crippen LogP contribution in [-0.4, -0.2) is 36.2 Å². The summed E-state index contributed by atoms with van der Waals surface area (Å²) in [5.74, 6) is 0.145. The molecule has 1 heterocycles. The van der Waals surface area contributed by atoms with E-state index in [1.54, 1.807) is 0 Å². The Morgan fingerprint density at radius 1 is 1.42 bits per heavy atom. The van der Waals surface area contributed by atoms with Gasteiger partial charge in [0.2, 0.25) is 0 Å². The predicted octanol–water partition coefficient (Wildman–Crippen LogP) is 0.607. The first kappa shape index (κ1) is 12.0. The van der Waals surface area contributed by atoms with Gasteiger partial charge in [-0.15, -0.1) is 24.0 Å². The van der Waals surface area contributed by atoms with Crippen LogP contribution in [-0.2, 0) is 4.74 Å². The first-order chi connectivity index (χ1) is 5.09. The van der Waals surface area contributed by atoms with Crippen molar-refractivity contribution in [3.05, 3.63) is 0 Å². The monoisotopic (exact) mass is 285 g/mol. The molecule has 1 rings (SSSR count). The van der Waals surface area contributed by atoms with Gasteiger partial charge in [0.25, 0.3) is 0 Å². The van der Waals surface area contributed by atoms with Gasteiger partial charge in [-0.2, -0.15) is 0 Å². The fourth-order valence-corrected chi connectivity index (χ4v) is 1.37. The molecule has 5 heteroatoms. The van der Waals surface area contributed by atoms with Crippen LogP contribution in [0.25, 0.3) is 0 Å². The number of hydrogen-bond acceptors (Lipinski definition) is 2. The standard InChI is InChI=1S/C7H15N3O.HI/c1-5-3-10(7(8)9)4-6(2)11-5;/h5-6H,3-4H2,1-2H3,(H3,8,9);1H. The van der Waals surface area contributed by atoms with E-state index in [2.05, 4.69) is 0 Å². The molecule has 12 heavy (non-hydrogen) atoms. The zero-order valence-corrected chi connectivity index (χ0v) is 9.74. The zero-order chi connectivity index (χ0) is 8.43. The maximum Gasteiger partial charge on any atom is 0.188 e. The fourth-order valence-electron chi connectivity index (χ4n) is 1.37. The molecule has 2 atom stereocenters. The summed E-state index contributed by atoms with van der Waals surface area (Å²) in [6.07, 6.45) is 0.366. The molecule has 0 aromatic heterocycles. The van der Waals surface area contributed by atoms with Crippen molar-refractivity contribution in [2.24, 2.45) is 5.73 Å². The number of guanidine groups is 1. The lowest BCUT2D eigenvalue weighted by molar-refractivity contribution is -0.0485. The first-order valence-corrected chi connectivity index (χ1v) is 3.84. The molecule has 3 N–H and O–H groups in total. The molecule has 1 aliphatic heterocycles. The largest absolute Gasteiger partial charge is 0.372 e. The van der Waals surface area contributed by atoms with E-state index in [0.29, 0.717) is 0 Å². The molecule has 0 aliphatic carbocycles. The van der Waals surface area contributed by atoms with Gasteiger partial charge in [0.15, 0.2) is 5.96 Å². The molecule has 2 unspecified atom stereocenters. The molecule has 0 aromatic rings. The Balaban J connectivity index is 0.00000121. The molecule has 0 amide bonds. The third-order valence-electron chi connectivity index (χ3n) is 1.76. The summed E-state index contributed by atoms with van der Waals surface area (Å²) in [4.78, 5) is 1.83. The summed E-state index contributed by atoms with van der Waals surface area (Å²) in [7, 11) is 0. The highest BCUT2D eigenvalue weighted by Crippen LogP contribution is 2.09. The van der Waals surface area contributed by atoms with Crippen molar-refractivity contribution in [3.8, 4) is 0 Å². The summed E-state index contributed by atoms with van der Waals surface area (Å²) >= 11 is 0. The van der Waals surface area contributed by atoms with Crippen LogP contribution in [0.4, 0.5) is 0 Å². The number of ether oxygens (including phenoxy) is 1. The van der Waals surface area contributed by atoms with Gasteiger partial charge >= 0.3 is 0 Å². The van der Waals surface area contributed by atoms with Crippen molar-refractivity contribution in [3.63, 3.8) is 0 Å². The normalized spacial score (nSPS) is 29.3. The molecule has 1 fully saturated rings. The van der Waals surface area contributed by atoms with E-state index in [-0.39, 0.29) is 42.1 Å². The minimum atomic E-state index is 0. The minimum absolute atomic E-state index is 0. The van der Waals surface area contributed by atoms with Gasteiger partial charge in [-0.1, -0.05) is 0 Å². The number of halogens is 1. The Labute approximate surface area is 90.0 Å². The van der Waals surface area contributed by atoms with E-state index >= 15 is 0 Å². The molecule has 4 nitrogen and oxygen atoms in total. The van der Waals surface area contributed by atoms with E-state index in [4.69, 9.17) is 15.9 Å². The number of hydrogen-bond donors (Lipinski definition) is 2. The summed E-state index contributed by atoms with van der Waals surface area (Å²) in [6, 6.07) is 0. The SMILES string of the molecule is CC1CN(C(=N)N)CC(C)O1.I. The van der Waals surface area contributed by atoms with E-state index in [1.165, 1.54) is 0 Å². The van der Waals surface area contributed by atoms with Gasteiger partial charge in [0.1, 0.15) is 0 Å². The Morgan fingerprint density at radius 2 is 1.83 bits per heavy atom. The number of nitrogens with one attached hydrogen (secondary N) is 1. The summed E-state index contributed by atoms with van der Waals surface area (Å²) in [6.45, 7) is 5.45. The van der Waals surface area contributed by atoms with Gasteiger partial charge in [0, 0.05) is 13.1 Å². The lowest BCUT2D eigenvalue weighted by Gasteiger charge is -2.35. The van der Waals surface area contributed by atoms with Crippen LogP contribution in [0.15, 0.2) is 0 Å². The maximum atomic E-state index is 7.22. The third kappa shape index (κ3) is 3.14. The van der Waals surface area contributed by atoms with E-state index in [9.17, 15) is 0 Å². The molecule has 0 aromatic carbocycles. The first-order valence-electron chi connectivity index (χ1n) is 3.84. The highest BCUT2D eigenvalue weighted by molar-refractivity contribution is 14.0. The second-order valence-electron chi connectivity index (χ2n) is 3.05. The average Bonchev–Trinajstić information content (AvgIpc) is 1.85. The van der Waals surface area contributed by atoms with Crippen molar-refractivity contribution < 1.29 is 4.74 Å². The van der Waals surface area contributed by atoms with Gasteiger partial charge in [0.05, 0.1) is 12.2 Å². The second kappa shape index (κ2) is 4.86. The Morgan fingerprint density at radius 3 is 2.17 bits per heavy atom. The Bertz CT molecular complexity index is 155. The Hall–Kier alpha value is -0.0400. The van der Waals surface area contributed by atoms with Gasteiger partial charge in [-0.05, 0) is 13.8 Å². The van der Waals surface area contributed by atoms with E-state index in [1.807, 2.05) is 18.7 Å². The molecule has 0 spiro atoms. The van der Waals surface area contributed by atoms with Crippen LogP contribution in [0.5, 0.6) is 0 Å². The molecule has 1 aliphatic rings. The quantitative estimate of drug-likeness (QED) is 0.389. The second-order valence-corrected chi connectivity index (χ2v) is 3.05. The smallest absolute Gasteiger partial charge is 0.188 e. The molecule has 72 valence electrons. The van der Waals surface area contributed by atoms with E-state index in [0.717, 1.165) is 13.1 Å². The molecule has 1 saturated heterocycles. The van der Waals surface area contributed by atoms with E-state index < -0.39 is 0 Å². The van der Waals surface area contributed by atoms with Crippen LogP contribution in [0.3, 0.4) is 0 Å². The van der Waals surface area contributed by atoms with Gasteiger partial charge in [-0.3, -0.25) is 5.41 Å². The minimum Gasteiger partial charge on any atom is -0.372 e. The average molecular weight is 285 g/mol. The lowest BCUT2D eigenvalue weighted by atomic mass is 10.2. The molecule has 0 radical (unpaired) electrons. The van der Waals surface area contributed by atoms with Crippen LogP contribution >= 0.6 is 24.0 Å². The van der Waals surface area contributed by atoms with Crippen molar-refractivity contribution in [1.29, 1.82) is 5.41 Å². The molecular formula is C7H16IN3O. The Kier molecular flexibility index (Phi) is 4.84. The molecule has 0 saturated carbocycles. The highest BCUT2D eigenvalue weighted by atomic mass is 127. The van der Waals surface area contributed by atoms with Crippen LogP contribution in [0.2, 0.25) is 0 Å². The molecule has 0 bridgehead atoms. The number of rotatable bonds is 0. The third-order valence-corrected chi connectivity index (χ3v) is 1.76. The number of nitrogens with two attached hydrogens (primary N) is 1. The highest BCUT2D eigenvalue weighted by Gasteiger charge is 2.22. The summed E-state index contributed by atoms with van der Waals surface area (Å²) < 4.78 is 5.47. The van der Waals surface area contributed by atoms with Gasteiger partial charge < -0.3 is 15.4 Å². The number of nitrogens with zero attached hydrogens (tertiary/aromatic N) is 1. The zero-order valence-electron chi connectivity index (χ0n) is 7.41. The summed E-state index contributed by atoms with van der Waals surface area (Å²) in [5, 5.41) is 7.22. The van der Waals surface area contributed by atoms with Crippen molar-refractivity contribution in [1.82, 2.24) is 4.90 Å².